The van der Waals surface area contributed by atoms with E-state index < -0.39 is 23.5 Å². The summed E-state index contributed by atoms with van der Waals surface area (Å²) in [5.41, 5.74) is 0.177. The van der Waals surface area contributed by atoms with Crippen LogP contribution in [-0.2, 0) is 0 Å². The van der Waals surface area contributed by atoms with Crippen molar-refractivity contribution in [2.75, 3.05) is 5.32 Å². The lowest BCUT2D eigenvalue weighted by atomic mass is 10.1. The molecule has 2 N–H and O–H groups in total. The monoisotopic (exact) mass is 345 g/mol. The Morgan fingerprint density at radius 3 is 2.40 bits per heavy atom. The molecule has 0 aliphatic carbocycles. The molecule has 0 saturated heterocycles. The second-order valence-electron chi connectivity index (χ2n) is 4.32. The summed E-state index contributed by atoms with van der Waals surface area (Å²) in [5, 5.41) is 11.8. The van der Waals surface area contributed by atoms with Gasteiger partial charge in [-0.3, -0.25) is 0 Å². The molecule has 0 fully saturated rings. The van der Waals surface area contributed by atoms with Gasteiger partial charge in [-0.05, 0) is 35.0 Å². The Kier molecular flexibility index (Phi) is 4.23. The molecule has 0 bridgehead atoms. The van der Waals surface area contributed by atoms with Gasteiger partial charge in [0.25, 0.3) is 0 Å². The maximum atomic E-state index is 13.7. The molecule has 0 heterocycles. The Labute approximate surface area is 122 Å². The van der Waals surface area contributed by atoms with Crippen LogP contribution in [0.1, 0.15) is 18.5 Å². The molecular weight excluding hydrogens is 335 g/mol. The lowest BCUT2D eigenvalue weighted by molar-refractivity contribution is 0.467. The van der Waals surface area contributed by atoms with Gasteiger partial charge in [-0.2, -0.15) is 0 Å². The third-order valence-electron chi connectivity index (χ3n) is 2.83. The molecule has 1 atom stereocenters. The Morgan fingerprint density at radius 1 is 1.05 bits per heavy atom. The van der Waals surface area contributed by atoms with Crippen molar-refractivity contribution < 1.29 is 18.3 Å². The minimum atomic E-state index is -0.649. The molecule has 1 unspecified atom stereocenters. The smallest absolute Gasteiger partial charge is 0.147 e. The largest absolute Gasteiger partial charge is 0.508 e. The highest BCUT2D eigenvalue weighted by molar-refractivity contribution is 9.10. The molecule has 0 amide bonds. The van der Waals surface area contributed by atoms with Gasteiger partial charge in [-0.15, -0.1) is 0 Å². The molecule has 0 spiro atoms. The summed E-state index contributed by atoms with van der Waals surface area (Å²) in [6, 6.07) is 5.08. The van der Waals surface area contributed by atoms with Crippen LogP contribution in [0.3, 0.4) is 0 Å². The molecule has 0 aliphatic heterocycles. The van der Waals surface area contributed by atoms with Gasteiger partial charge in [0.1, 0.15) is 23.2 Å². The number of benzene rings is 2. The maximum Gasteiger partial charge on any atom is 0.147 e. The minimum Gasteiger partial charge on any atom is -0.508 e. The topological polar surface area (TPSA) is 32.3 Å². The molecule has 2 aromatic rings. The van der Waals surface area contributed by atoms with Crippen LogP contribution in [-0.4, -0.2) is 5.11 Å². The van der Waals surface area contributed by atoms with E-state index in [1.54, 1.807) is 6.92 Å². The van der Waals surface area contributed by atoms with Crippen LogP contribution in [0.15, 0.2) is 34.8 Å². The van der Waals surface area contributed by atoms with E-state index in [-0.39, 0.29) is 21.5 Å². The molecule has 0 aliphatic rings. The van der Waals surface area contributed by atoms with Crippen molar-refractivity contribution in [1.82, 2.24) is 0 Å². The molecule has 2 aromatic carbocycles. The molecule has 2 nitrogen and oxygen atoms in total. The van der Waals surface area contributed by atoms with Crippen LogP contribution in [0.4, 0.5) is 18.9 Å². The van der Waals surface area contributed by atoms with Crippen LogP contribution in [0.25, 0.3) is 0 Å². The fraction of sp³-hybridized carbons (Fsp3) is 0.143. The van der Waals surface area contributed by atoms with Crippen molar-refractivity contribution in [3.8, 4) is 5.75 Å². The fourth-order valence-corrected chi connectivity index (χ4v) is 2.13. The van der Waals surface area contributed by atoms with E-state index in [1.165, 1.54) is 12.1 Å². The average Bonchev–Trinajstić information content (AvgIpc) is 2.35. The highest BCUT2D eigenvalue weighted by Gasteiger charge is 2.15. The molecule has 2 rings (SSSR count). The quantitative estimate of drug-likeness (QED) is 0.787. The number of anilines is 1. The SMILES string of the molecule is CC(Nc1cc(F)c(Br)cc1F)c1ccc(O)cc1F. The van der Waals surface area contributed by atoms with Crippen molar-refractivity contribution in [3.05, 3.63) is 57.8 Å². The van der Waals surface area contributed by atoms with E-state index in [2.05, 4.69) is 21.2 Å². The molecule has 106 valence electrons. The first kappa shape index (κ1) is 14.7. The highest BCUT2D eigenvalue weighted by atomic mass is 79.9. The van der Waals surface area contributed by atoms with Crippen LogP contribution < -0.4 is 5.32 Å². The summed E-state index contributed by atoms with van der Waals surface area (Å²) in [7, 11) is 0. The number of hydrogen-bond acceptors (Lipinski definition) is 2. The molecule has 0 aromatic heterocycles. The van der Waals surface area contributed by atoms with E-state index in [0.717, 1.165) is 18.2 Å². The second kappa shape index (κ2) is 5.75. The van der Waals surface area contributed by atoms with Crippen molar-refractivity contribution in [2.45, 2.75) is 13.0 Å². The summed E-state index contributed by atoms with van der Waals surface area (Å²) in [6.45, 7) is 1.61. The van der Waals surface area contributed by atoms with Crippen LogP contribution >= 0.6 is 15.9 Å². The summed E-state index contributed by atoms with van der Waals surface area (Å²) >= 11 is 2.88. The number of halogens is 4. The normalized spacial score (nSPS) is 12.2. The Hall–Kier alpha value is -1.69. The van der Waals surface area contributed by atoms with Crippen molar-refractivity contribution in [2.24, 2.45) is 0 Å². The summed E-state index contributed by atoms with van der Waals surface area (Å²) in [6.07, 6.45) is 0. The zero-order valence-corrected chi connectivity index (χ0v) is 12.0. The Morgan fingerprint density at radius 2 is 1.75 bits per heavy atom. The van der Waals surface area contributed by atoms with Gasteiger partial charge in [0.2, 0.25) is 0 Å². The summed E-state index contributed by atoms with van der Waals surface area (Å²) in [4.78, 5) is 0. The molecule has 0 radical (unpaired) electrons. The number of aromatic hydroxyl groups is 1. The van der Waals surface area contributed by atoms with E-state index in [0.29, 0.717) is 0 Å². The lowest BCUT2D eigenvalue weighted by Gasteiger charge is -2.17. The zero-order chi connectivity index (χ0) is 14.9. The van der Waals surface area contributed by atoms with Gasteiger partial charge in [0, 0.05) is 17.7 Å². The van der Waals surface area contributed by atoms with Crippen molar-refractivity contribution in [1.29, 1.82) is 0 Å². The first-order valence-electron chi connectivity index (χ1n) is 5.78. The van der Waals surface area contributed by atoms with Crippen molar-refractivity contribution >= 4 is 21.6 Å². The predicted molar refractivity (Wildman–Crippen MR) is 74.2 cm³/mol. The third kappa shape index (κ3) is 3.07. The molecule has 0 saturated carbocycles. The second-order valence-corrected chi connectivity index (χ2v) is 5.17. The van der Waals surface area contributed by atoms with E-state index in [4.69, 9.17) is 5.11 Å². The summed E-state index contributed by atoms with van der Waals surface area (Å²) < 4.78 is 40.8. The molecule has 20 heavy (non-hydrogen) atoms. The zero-order valence-electron chi connectivity index (χ0n) is 10.4. The van der Waals surface area contributed by atoms with Gasteiger partial charge < -0.3 is 10.4 Å². The highest BCUT2D eigenvalue weighted by Crippen LogP contribution is 2.28. The van der Waals surface area contributed by atoms with E-state index in [1.807, 2.05) is 0 Å². The molecule has 6 heteroatoms. The number of hydrogen-bond donors (Lipinski definition) is 2. The first-order valence-corrected chi connectivity index (χ1v) is 6.57. The number of phenols is 1. The fourth-order valence-electron chi connectivity index (χ4n) is 1.81. The van der Waals surface area contributed by atoms with Crippen LogP contribution in [0, 0.1) is 17.5 Å². The van der Waals surface area contributed by atoms with Gasteiger partial charge in [0.15, 0.2) is 0 Å². The lowest BCUT2D eigenvalue weighted by Crippen LogP contribution is -2.10. The summed E-state index contributed by atoms with van der Waals surface area (Å²) in [5.74, 6) is -2.08. The first-order chi connectivity index (χ1) is 9.38. The van der Waals surface area contributed by atoms with Crippen LogP contribution in [0.2, 0.25) is 0 Å². The average molecular weight is 346 g/mol. The number of nitrogens with one attached hydrogen (secondary N) is 1. The van der Waals surface area contributed by atoms with Gasteiger partial charge in [0.05, 0.1) is 16.2 Å². The minimum absolute atomic E-state index is 0.0176. The van der Waals surface area contributed by atoms with Crippen LogP contribution in [0.5, 0.6) is 5.75 Å². The molecular formula is C14H11BrF3NO. The standard InChI is InChI=1S/C14H11BrF3NO/c1-7(9-3-2-8(20)4-11(9)16)19-14-6-12(17)10(15)5-13(14)18/h2-7,19-20H,1H3. The maximum absolute atomic E-state index is 13.7. The number of rotatable bonds is 3. The Balaban J connectivity index is 2.27. The Bertz CT molecular complexity index is 649. The van der Waals surface area contributed by atoms with Gasteiger partial charge in [-0.1, -0.05) is 6.07 Å². The van der Waals surface area contributed by atoms with E-state index >= 15 is 0 Å². The van der Waals surface area contributed by atoms with Crippen molar-refractivity contribution in [3.63, 3.8) is 0 Å². The predicted octanol–water partition coefficient (Wildman–Crippen LogP) is 4.75. The van der Waals surface area contributed by atoms with Gasteiger partial charge in [-0.25, -0.2) is 13.2 Å². The third-order valence-corrected chi connectivity index (χ3v) is 3.44. The number of phenolic OH excluding ortho intramolecular Hbond substituents is 1. The van der Waals surface area contributed by atoms with E-state index in [9.17, 15) is 13.2 Å². The van der Waals surface area contributed by atoms with Gasteiger partial charge >= 0.3 is 0 Å².